The topological polar surface area (TPSA) is 26.8 Å². The van der Waals surface area contributed by atoms with Gasteiger partial charge < -0.3 is 4.90 Å². The first-order valence-corrected chi connectivity index (χ1v) is 14.4. The zero-order valence-electron chi connectivity index (χ0n) is 23.8. The Labute approximate surface area is 229 Å². The van der Waals surface area contributed by atoms with Gasteiger partial charge in [-0.25, -0.2) is 0 Å². The van der Waals surface area contributed by atoms with E-state index in [1.165, 1.54) is 53.6 Å². The number of carbonyl (C=O) groups excluding carboxylic acids is 1. The number of hydrogen-bond acceptors (Lipinski definition) is 3. The van der Waals surface area contributed by atoms with Gasteiger partial charge in [0.25, 0.3) is 0 Å². The highest BCUT2D eigenvalue weighted by Gasteiger charge is 2.33. The summed E-state index contributed by atoms with van der Waals surface area (Å²) >= 11 is 0. The number of anilines is 3. The van der Waals surface area contributed by atoms with Crippen molar-refractivity contribution >= 4 is 23.0 Å². The summed E-state index contributed by atoms with van der Waals surface area (Å²) in [5, 5.41) is 0. The number of nitrogens with zero attached hydrogens (tertiary/aromatic N) is 3. The molecule has 3 aromatic rings. The van der Waals surface area contributed by atoms with Gasteiger partial charge in [0.2, 0.25) is 5.91 Å². The fourth-order valence-corrected chi connectivity index (χ4v) is 6.72. The third-order valence-corrected chi connectivity index (χ3v) is 9.15. The van der Waals surface area contributed by atoms with E-state index in [0.717, 1.165) is 31.0 Å². The van der Waals surface area contributed by atoms with E-state index in [-0.39, 0.29) is 5.91 Å². The first-order valence-electron chi connectivity index (χ1n) is 14.4. The molecule has 200 valence electrons. The van der Waals surface area contributed by atoms with Crippen molar-refractivity contribution in [2.75, 3.05) is 29.4 Å². The first kappa shape index (κ1) is 26.5. The number of hydrogen-bond donors (Lipinski definition) is 0. The molecule has 2 aliphatic rings. The second kappa shape index (κ2) is 11.3. The summed E-state index contributed by atoms with van der Waals surface area (Å²) in [7, 11) is 0. The fraction of sp³-hybridized carbons (Fsp3) is 0.441. The maximum Gasteiger partial charge on any atom is 0.228 e. The van der Waals surface area contributed by atoms with E-state index in [9.17, 15) is 4.79 Å². The molecule has 1 heterocycles. The molecule has 0 spiro atoms. The molecule has 4 heteroatoms. The van der Waals surface area contributed by atoms with Gasteiger partial charge in [-0.3, -0.25) is 14.6 Å². The van der Waals surface area contributed by atoms with Crippen LogP contribution >= 0.6 is 0 Å². The minimum absolute atomic E-state index is 0.0563. The molecule has 1 saturated carbocycles. The normalized spacial score (nSPS) is 22.3. The molecule has 1 aliphatic carbocycles. The Kier molecular flexibility index (Phi) is 7.90. The van der Waals surface area contributed by atoms with Gasteiger partial charge >= 0.3 is 0 Å². The Morgan fingerprint density at radius 3 is 2.26 bits per heavy atom. The molecule has 1 atom stereocenters. The third-order valence-electron chi connectivity index (χ3n) is 9.15. The van der Waals surface area contributed by atoms with Crippen LogP contribution in [0.5, 0.6) is 0 Å². The molecule has 1 aliphatic heterocycles. The van der Waals surface area contributed by atoms with Crippen LogP contribution < -0.4 is 9.80 Å². The number of rotatable bonds is 5. The molecule has 2 fully saturated rings. The van der Waals surface area contributed by atoms with Crippen LogP contribution in [0.2, 0.25) is 0 Å². The first-order chi connectivity index (χ1) is 18.3. The molecule has 38 heavy (non-hydrogen) atoms. The molecule has 0 bridgehead atoms. The smallest absolute Gasteiger partial charge is 0.228 e. The number of piperazine rings is 1. The van der Waals surface area contributed by atoms with Crippen LogP contribution in [0, 0.1) is 20.8 Å². The molecule has 3 aromatic carbocycles. The summed E-state index contributed by atoms with van der Waals surface area (Å²) in [6, 6.07) is 25.0. The largest absolute Gasteiger partial charge is 0.369 e. The average molecular weight is 510 g/mol. The van der Waals surface area contributed by atoms with Gasteiger partial charge in [0.1, 0.15) is 0 Å². The van der Waals surface area contributed by atoms with E-state index < -0.39 is 0 Å². The minimum atomic E-state index is 0.0563. The van der Waals surface area contributed by atoms with Crippen LogP contribution in [-0.2, 0) is 4.79 Å². The van der Waals surface area contributed by atoms with Crippen molar-refractivity contribution in [3.63, 3.8) is 0 Å². The van der Waals surface area contributed by atoms with Crippen LogP contribution in [0.4, 0.5) is 17.1 Å². The zero-order chi connectivity index (χ0) is 26.8. The molecular formula is C34H43N3O. The van der Waals surface area contributed by atoms with Crippen LogP contribution in [-0.4, -0.2) is 42.5 Å². The second-order valence-electron chi connectivity index (χ2n) is 11.5. The number of carbonyl (C=O) groups is 1. The lowest BCUT2D eigenvalue weighted by Gasteiger charge is -2.46. The highest BCUT2D eigenvalue weighted by Crippen LogP contribution is 2.39. The van der Waals surface area contributed by atoms with Crippen LogP contribution in [0.25, 0.3) is 0 Å². The molecule has 0 N–H and O–H groups in total. The lowest BCUT2D eigenvalue weighted by Crippen LogP contribution is -2.56. The standard InChI is InChI=1S/C34H43N3O/c1-24-14-19-34(27(4)26(24)3)37(28(5)38)33-13-9-10-30(22-33)29-15-17-32(18-16-29)36-21-20-35(23-25(36)2)31-11-7-6-8-12-31/h6-14,19,22,25,29,32H,15-18,20-21,23H2,1-5H3. The maximum absolute atomic E-state index is 12.9. The van der Waals surface area contributed by atoms with Crippen molar-refractivity contribution in [2.45, 2.75) is 78.3 Å². The Morgan fingerprint density at radius 1 is 0.842 bits per heavy atom. The van der Waals surface area contributed by atoms with Crippen LogP contribution in [0.1, 0.15) is 67.7 Å². The van der Waals surface area contributed by atoms with Gasteiger partial charge in [0, 0.05) is 50.0 Å². The molecule has 5 rings (SSSR count). The zero-order valence-corrected chi connectivity index (χ0v) is 23.8. The Balaban J connectivity index is 1.26. The van der Waals surface area contributed by atoms with Crippen molar-refractivity contribution in [3.05, 3.63) is 89.0 Å². The number of benzene rings is 3. The minimum Gasteiger partial charge on any atom is -0.369 e. The summed E-state index contributed by atoms with van der Waals surface area (Å²) in [6.45, 7) is 13.8. The molecule has 0 radical (unpaired) electrons. The molecule has 1 unspecified atom stereocenters. The SMILES string of the molecule is CC(=O)N(c1cccc(C2CCC(N3CCN(c4ccccc4)CC3C)CC2)c1)c1ccc(C)c(C)c1C. The quantitative estimate of drug-likeness (QED) is 0.356. The Morgan fingerprint density at radius 2 is 1.58 bits per heavy atom. The van der Waals surface area contributed by atoms with E-state index in [1.54, 1.807) is 6.92 Å². The van der Waals surface area contributed by atoms with Gasteiger partial charge in [-0.2, -0.15) is 0 Å². The Hall–Kier alpha value is -3.11. The number of aryl methyl sites for hydroxylation is 1. The predicted octanol–water partition coefficient (Wildman–Crippen LogP) is 7.53. The maximum atomic E-state index is 12.9. The van der Waals surface area contributed by atoms with Gasteiger partial charge in [0.05, 0.1) is 5.69 Å². The van der Waals surface area contributed by atoms with Crippen molar-refractivity contribution in [2.24, 2.45) is 0 Å². The second-order valence-corrected chi connectivity index (χ2v) is 11.5. The van der Waals surface area contributed by atoms with Crippen molar-refractivity contribution < 1.29 is 4.79 Å². The monoisotopic (exact) mass is 509 g/mol. The lowest BCUT2D eigenvalue weighted by molar-refractivity contribution is -0.115. The predicted molar refractivity (Wildman–Crippen MR) is 160 cm³/mol. The van der Waals surface area contributed by atoms with Crippen LogP contribution in [0.15, 0.2) is 66.7 Å². The van der Waals surface area contributed by atoms with Crippen molar-refractivity contribution in [3.8, 4) is 0 Å². The summed E-state index contributed by atoms with van der Waals surface area (Å²) in [4.78, 5) is 20.1. The van der Waals surface area contributed by atoms with E-state index in [0.29, 0.717) is 18.0 Å². The van der Waals surface area contributed by atoms with Gasteiger partial charge in [-0.15, -0.1) is 0 Å². The summed E-state index contributed by atoms with van der Waals surface area (Å²) in [5.74, 6) is 0.614. The Bertz CT molecular complexity index is 1260. The highest BCUT2D eigenvalue weighted by molar-refractivity contribution is 6.00. The van der Waals surface area contributed by atoms with E-state index >= 15 is 0 Å². The van der Waals surface area contributed by atoms with Crippen LogP contribution in [0.3, 0.4) is 0 Å². The summed E-state index contributed by atoms with van der Waals surface area (Å²) in [6.07, 6.45) is 4.92. The van der Waals surface area contributed by atoms with Crippen molar-refractivity contribution in [1.82, 2.24) is 4.90 Å². The van der Waals surface area contributed by atoms with E-state index in [2.05, 4.69) is 104 Å². The third kappa shape index (κ3) is 5.37. The van der Waals surface area contributed by atoms with E-state index in [1.807, 2.05) is 4.90 Å². The molecule has 1 amide bonds. The van der Waals surface area contributed by atoms with Gasteiger partial charge in [0.15, 0.2) is 0 Å². The fourth-order valence-electron chi connectivity index (χ4n) is 6.72. The van der Waals surface area contributed by atoms with Gasteiger partial charge in [-0.05, 0) is 112 Å². The summed E-state index contributed by atoms with van der Waals surface area (Å²) < 4.78 is 0. The summed E-state index contributed by atoms with van der Waals surface area (Å²) in [5.41, 5.74) is 8.37. The number of para-hydroxylation sites is 1. The lowest BCUT2D eigenvalue weighted by atomic mass is 9.80. The molecule has 1 saturated heterocycles. The highest BCUT2D eigenvalue weighted by atomic mass is 16.2. The van der Waals surface area contributed by atoms with Gasteiger partial charge in [-0.1, -0.05) is 36.4 Å². The number of amides is 1. The van der Waals surface area contributed by atoms with Crippen molar-refractivity contribution in [1.29, 1.82) is 0 Å². The molecule has 4 nitrogen and oxygen atoms in total. The van der Waals surface area contributed by atoms with E-state index in [4.69, 9.17) is 0 Å². The molecule has 0 aromatic heterocycles. The average Bonchev–Trinajstić information content (AvgIpc) is 2.94. The molecular weight excluding hydrogens is 466 g/mol.